The molecule has 0 spiro atoms. The van der Waals surface area contributed by atoms with Crippen molar-refractivity contribution < 1.29 is 8.42 Å². The summed E-state index contributed by atoms with van der Waals surface area (Å²) in [6, 6.07) is 0.164. The van der Waals surface area contributed by atoms with Gasteiger partial charge in [0.05, 0.1) is 6.26 Å². The van der Waals surface area contributed by atoms with Crippen molar-refractivity contribution in [3.63, 3.8) is 0 Å². The van der Waals surface area contributed by atoms with Gasteiger partial charge in [-0.1, -0.05) is 0 Å². The predicted octanol–water partition coefficient (Wildman–Crippen LogP) is -0.355. The van der Waals surface area contributed by atoms with E-state index in [0.717, 1.165) is 25.9 Å². The minimum absolute atomic E-state index is 0.164. The van der Waals surface area contributed by atoms with Crippen molar-refractivity contribution in [2.45, 2.75) is 18.9 Å². The van der Waals surface area contributed by atoms with Crippen molar-refractivity contribution in [3.05, 3.63) is 0 Å². The summed E-state index contributed by atoms with van der Waals surface area (Å²) in [5, 5.41) is 4.17. The molecule has 1 radical (unpaired) electrons. The fraction of sp³-hybridized carbons (Fsp3) is 1.00. The standard InChI is InChI=1S/C7H15N2O2S/c1-9(12(2,10)11)7-3-5-8-6-4-7/h7H,3-6H2,1-2H3. The molecule has 0 unspecified atom stereocenters. The van der Waals surface area contributed by atoms with E-state index in [1.807, 2.05) is 0 Å². The van der Waals surface area contributed by atoms with Crippen LogP contribution in [0.1, 0.15) is 12.8 Å². The molecule has 0 saturated carbocycles. The van der Waals surface area contributed by atoms with Crippen LogP contribution in [0.3, 0.4) is 0 Å². The third-order valence-electron chi connectivity index (χ3n) is 2.28. The largest absolute Gasteiger partial charge is 0.242 e. The van der Waals surface area contributed by atoms with Gasteiger partial charge < -0.3 is 0 Å². The van der Waals surface area contributed by atoms with Gasteiger partial charge >= 0.3 is 0 Å². The van der Waals surface area contributed by atoms with Gasteiger partial charge in [-0.15, -0.1) is 0 Å². The Labute approximate surface area is 74.0 Å². The lowest BCUT2D eigenvalue weighted by Crippen LogP contribution is -2.41. The van der Waals surface area contributed by atoms with Gasteiger partial charge in [-0.05, 0) is 12.8 Å². The molecule has 0 aliphatic carbocycles. The van der Waals surface area contributed by atoms with Gasteiger partial charge in [0.1, 0.15) is 0 Å². The summed E-state index contributed by atoms with van der Waals surface area (Å²) in [6.45, 7) is 1.59. The average molecular weight is 191 g/mol. The van der Waals surface area contributed by atoms with E-state index in [4.69, 9.17) is 0 Å². The molecule has 0 aromatic heterocycles. The van der Waals surface area contributed by atoms with Crippen LogP contribution in [0.25, 0.3) is 0 Å². The van der Waals surface area contributed by atoms with Gasteiger partial charge in [0.15, 0.2) is 0 Å². The number of piperidine rings is 1. The third-order valence-corrected chi connectivity index (χ3v) is 3.62. The molecule has 4 nitrogen and oxygen atoms in total. The van der Waals surface area contributed by atoms with E-state index in [1.165, 1.54) is 10.6 Å². The van der Waals surface area contributed by atoms with Crippen molar-refractivity contribution in [2.75, 3.05) is 26.4 Å². The van der Waals surface area contributed by atoms with Gasteiger partial charge in [-0.3, -0.25) is 0 Å². The molecule has 0 aromatic rings. The zero-order chi connectivity index (χ0) is 9.19. The first-order valence-corrected chi connectivity index (χ1v) is 5.93. The maximum absolute atomic E-state index is 11.1. The number of rotatable bonds is 2. The Morgan fingerprint density at radius 1 is 1.33 bits per heavy atom. The number of nitrogens with zero attached hydrogens (tertiary/aromatic N) is 2. The van der Waals surface area contributed by atoms with Gasteiger partial charge in [0, 0.05) is 26.2 Å². The zero-order valence-corrected chi connectivity index (χ0v) is 8.34. The Balaban J connectivity index is 2.57. The van der Waals surface area contributed by atoms with E-state index in [9.17, 15) is 8.42 Å². The molecule has 1 aliphatic rings. The second kappa shape index (κ2) is 3.72. The van der Waals surface area contributed by atoms with Crippen LogP contribution in [0.2, 0.25) is 0 Å². The second-order valence-electron chi connectivity index (χ2n) is 3.18. The second-order valence-corrected chi connectivity index (χ2v) is 5.22. The van der Waals surface area contributed by atoms with Crippen LogP contribution in [0.15, 0.2) is 0 Å². The predicted molar refractivity (Wildman–Crippen MR) is 47.5 cm³/mol. The molecule has 12 heavy (non-hydrogen) atoms. The van der Waals surface area contributed by atoms with Crippen LogP contribution >= 0.6 is 0 Å². The highest BCUT2D eigenvalue weighted by atomic mass is 32.2. The number of hydrogen-bond acceptors (Lipinski definition) is 2. The maximum atomic E-state index is 11.1. The van der Waals surface area contributed by atoms with Crippen molar-refractivity contribution in [3.8, 4) is 0 Å². The van der Waals surface area contributed by atoms with Crippen molar-refractivity contribution >= 4 is 10.0 Å². The van der Waals surface area contributed by atoms with E-state index in [2.05, 4.69) is 5.32 Å². The molecule has 0 bridgehead atoms. The van der Waals surface area contributed by atoms with E-state index in [0.29, 0.717) is 0 Å². The first-order chi connectivity index (χ1) is 5.52. The monoisotopic (exact) mass is 191 g/mol. The van der Waals surface area contributed by atoms with Gasteiger partial charge in [0.25, 0.3) is 0 Å². The lowest BCUT2D eigenvalue weighted by molar-refractivity contribution is 0.295. The first kappa shape index (κ1) is 9.95. The molecular formula is C7H15N2O2S. The van der Waals surface area contributed by atoms with Crippen molar-refractivity contribution in [2.24, 2.45) is 0 Å². The highest BCUT2D eigenvalue weighted by Gasteiger charge is 2.23. The van der Waals surface area contributed by atoms with E-state index < -0.39 is 10.0 Å². The molecule has 5 heteroatoms. The molecule has 1 heterocycles. The Bertz CT molecular complexity index is 232. The summed E-state index contributed by atoms with van der Waals surface area (Å²) in [5.74, 6) is 0. The van der Waals surface area contributed by atoms with Crippen LogP contribution in [-0.4, -0.2) is 45.2 Å². The summed E-state index contributed by atoms with van der Waals surface area (Å²) in [7, 11) is -1.37. The van der Waals surface area contributed by atoms with Gasteiger partial charge in [-0.2, -0.15) is 0 Å². The Hall–Kier alpha value is -0.130. The Morgan fingerprint density at radius 3 is 2.25 bits per heavy atom. The zero-order valence-electron chi connectivity index (χ0n) is 7.52. The lowest BCUT2D eigenvalue weighted by atomic mass is 10.1. The number of hydrogen-bond donors (Lipinski definition) is 0. The van der Waals surface area contributed by atoms with E-state index in [1.54, 1.807) is 7.05 Å². The SMILES string of the molecule is CN(C1CC[N]CC1)S(C)(=O)=O. The number of sulfonamides is 1. The molecule has 71 valence electrons. The molecule has 0 atom stereocenters. The Kier molecular flexibility index (Phi) is 3.09. The van der Waals surface area contributed by atoms with Crippen molar-refractivity contribution in [1.82, 2.24) is 9.62 Å². The van der Waals surface area contributed by atoms with E-state index in [-0.39, 0.29) is 6.04 Å². The average Bonchev–Trinajstić information content (AvgIpc) is 2.03. The summed E-state index contributed by atoms with van der Waals surface area (Å²) in [6.07, 6.45) is 2.98. The minimum Gasteiger partial charge on any atom is -0.242 e. The summed E-state index contributed by atoms with van der Waals surface area (Å²) >= 11 is 0. The van der Waals surface area contributed by atoms with Crippen molar-refractivity contribution in [1.29, 1.82) is 0 Å². The Morgan fingerprint density at radius 2 is 1.83 bits per heavy atom. The van der Waals surface area contributed by atoms with Gasteiger partial charge in [0.2, 0.25) is 10.0 Å². The van der Waals surface area contributed by atoms with Crippen LogP contribution < -0.4 is 5.32 Å². The fourth-order valence-corrected chi connectivity index (χ4v) is 2.12. The minimum atomic E-state index is -3.01. The molecule has 0 N–H and O–H groups in total. The highest BCUT2D eigenvalue weighted by Crippen LogP contribution is 2.12. The van der Waals surface area contributed by atoms with E-state index >= 15 is 0 Å². The molecule has 0 aromatic carbocycles. The van der Waals surface area contributed by atoms with Gasteiger partial charge in [-0.25, -0.2) is 18.0 Å². The summed E-state index contributed by atoms with van der Waals surface area (Å²) < 4.78 is 23.7. The third kappa shape index (κ3) is 2.43. The normalized spacial score (nSPS) is 21.6. The maximum Gasteiger partial charge on any atom is 0.211 e. The van der Waals surface area contributed by atoms with Crippen LogP contribution in [-0.2, 0) is 10.0 Å². The first-order valence-electron chi connectivity index (χ1n) is 4.08. The topological polar surface area (TPSA) is 51.5 Å². The highest BCUT2D eigenvalue weighted by molar-refractivity contribution is 7.88. The fourth-order valence-electron chi connectivity index (χ4n) is 1.37. The lowest BCUT2D eigenvalue weighted by Gasteiger charge is -2.28. The molecule has 1 fully saturated rings. The smallest absolute Gasteiger partial charge is 0.211 e. The molecule has 0 amide bonds. The molecular weight excluding hydrogens is 176 g/mol. The molecule has 1 saturated heterocycles. The van der Waals surface area contributed by atoms with Crippen LogP contribution in [0.4, 0.5) is 0 Å². The molecule has 1 rings (SSSR count). The summed E-state index contributed by atoms with van der Waals surface area (Å²) in [4.78, 5) is 0. The van der Waals surface area contributed by atoms with Crippen LogP contribution in [0.5, 0.6) is 0 Å². The van der Waals surface area contributed by atoms with Crippen LogP contribution in [0, 0.1) is 0 Å². The molecule has 1 aliphatic heterocycles. The summed E-state index contributed by atoms with van der Waals surface area (Å²) in [5.41, 5.74) is 0. The quantitative estimate of drug-likeness (QED) is 0.599.